The molecule has 226 valence electrons. The number of carbonyl (C=O) groups excluding carboxylic acids is 3. The summed E-state index contributed by atoms with van der Waals surface area (Å²) in [6, 6.07) is 29.9. The third-order valence-corrected chi connectivity index (χ3v) is 8.61. The summed E-state index contributed by atoms with van der Waals surface area (Å²) in [7, 11) is 0. The quantitative estimate of drug-likeness (QED) is 0.118. The fraction of sp³-hybridized carbons (Fsp3) is 0.216. The van der Waals surface area contributed by atoms with Crippen molar-refractivity contribution in [1.82, 2.24) is 5.32 Å². The number of anilines is 2. The van der Waals surface area contributed by atoms with Crippen LogP contribution in [-0.2, 0) is 9.59 Å². The Bertz CT molecular complexity index is 1650. The molecule has 0 fully saturated rings. The molecule has 4 aromatic carbocycles. The lowest BCUT2D eigenvalue weighted by molar-refractivity contribution is -0.116. The second-order valence-corrected chi connectivity index (χ2v) is 12.3. The maximum absolute atomic E-state index is 13.5. The molecule has 1 unspecified atom stereocenters. The van der Waals surface area contributed by atoms with Gasteiger partial charge in [-0.2, -0.15) is 0 Å². The van der Waals surface area contributed by atoms with Gasteiger partial charge in [0, 0.05) is 21.8 Å². The van der Waals surface area contributed by atoms with E-state index in [0.29, 0.717) is 23.6 Å². The average molecular weight is 606 g/mol. The van der Waals surface area contributed by atoms with E-state index >= 15 is 0 Å². The number of carbonyl (C=O) groups is 3. The minimum Gasteiger partial charge on any atom is -0.325 e. The Kier molecular flexibility index (Phi) is 11.2. The molecule has 4 rings (SSSR count). The summed E-state index contributed by atoms with van der Waals surface area (Å²) in [5.74, 6) is -0.531. The van der Waals surface area contributed by atoms with Crippen LogP contribution in [-0.4, -0.2) is 23.0 Å². The number of aryl methyl sites for hydroxylation is 2. The van der Waals surface area contributed by atoms with Gasteiger partial charge in [-0.1, -0.05) is 75.4 Å². The van der Waals surface area contributed by atoms with E-state index in [1.54, 1.807) is 36.4 Å². The van der Waals surface area contributed by atoms with Gasteiger partial charge in [-0.25, -0.2) is 0 Å². The lowest BCUT2D eigenvalue weighted by atomic mass is 10.0. The van der Waals surface area contributed by atoms with Gasteiger partial charge in [0.25, 0.3) is 11.8 Å². The van der Waals surface area contributed by atoms with Crippen molar-refractivity contribution in [3.05, 3.63) is 131 Å². The van der Waals surface area contributed by atoms with E-state index < -0.39 is 5.91 Å². The van der Waals surface area contributed by atoms with Gasteiger partial charge in [0.05, 0.1) is 5.25 Å². The molecule has 44 heavy (non-hydrogen) atoms. The molecule has 0 bridgehead atoms. The first-order valence-corrected chi connectivity index (χ1v) is 15.6. The van der Waals surface area contributed by atoms with E-state index in [-0.39, 0.29) is 22.8 Å². The van der Waals surface area contributed by atoms with Gasteiger partial charge in [0.15, 0.2) is 0 Å². The monoisotopic (exact) mass is 605 g/mol. The van der Waals surface area contributed by atoms with E-state index in [1.807, 2.05) is 87.5 Å². The van der Waals surface area contributed by atoms with Crippen LogP contribution in [0.2, 0.25) is 0 Å². The third kappa shape index (κ3) is 8.94. The molecular formula is C37H39N3O3S. The zero-order valence-corrected chi connectivity index (χ0v) is 26.6. The molecule has 0 radical (unpaired) electrons. The molecule has 0 spiro atoms. The second-order valence-electron chi connectivity index (χ2n) is 11.0. The third-order valence-electron chi connectivity index (χ3n) is 7.25. The zero-order valence-electron chi connectivity index (χ0n) is 25.8. The number of nitrogens with one attached hydrogen (secondary N) is 3. The highest BCUT2D eigenvalue weighted by Crippen LogP contribution is 2.29. The van der Waals surface area contributed by atoms with Crippen LogP contribution < -0.4 is 16.0 Å². The summed E-state index contributed by atoms with van der Waals surface area (Å²) in [6.07, 6.45) is 2.30. The van der Waals surface area contributed by atoms with E-state index in [1.165, 1.54) is 22.9 Å². The first kappa shape index (κ1) is 32.3. The minimum atomic E-state index is -0.455. The molecule has 0 heterocycles. The zero-order chi connectivity index (χ0) is 31.6. The van der Waals surface area contributed by atoms with Crippen molar-refractivity contribution in [3.63, 3.8) is 0 Å². The van der Waals surface area contributed by atoms with Crippen molar-refractivity contribution < 1.29 is 14.4 Å². The highest BCUT2D eigenvalue weighted by atomic mass is 32.2. The number of benzene rings is 4. The van der Waals surface area contributed by atoms with Gasteiger partial charge in [-0.05, 0) is 97.0 Å². The summed E-state index contributed by atoms with van der Waals surface area (Å²) in [5, 5.41) is 8.43. The van der Waals surface area contributed by atoms with E-state index in [4.69, 9.17) is 0 Å². The maximum Gasteiger partial charge on any atom is 0.272 e. The largest absolute Gasteiger partial charge is 0.325 e. The van der Waals surface area contributed by atoms with Crippen molar-refractivity contribution >= 4 is 46.9 Å². The molecule has 3 N–H and O–H groups in total. The van der Waals surface area contributed by atoms with Gasteiger partial charge < -0.3 is 16.0 Å². The van der Waals surface area contributed by atoms with Crippen LogP contribution in [0, 0.1) is 13.8 Å². The first-order valence-electron chi connectivity index (χ1n) is 14.8. The van der Waals surface area contributed by atoms with Crippen molar-refractivity contribution in [2.24, 2.45) is 0 Å². The Morgan fingerprint density at radius 3 is 2.14 bits per heavy atom. The first-order chi connectivity index (χ1) is 21.1. The smallest absolute Gasteiger partial charge is 0.272 e. The number of thioether (sulfide) groups is 1. The van der Waals surface area contributed by atoms with Gasteiger partial charge in [-0.15, -0.1) is 11.8 Å². The number of hydrogen-bond donors (Lipinski definition) is 3. The summed E-state index contributed by atoms with van der Waals surface area (Å²) in [4.78, 5) is 40.5. The number of amides is 3. The van der Waals surface area contributed by atoms with Crippen LogP contribution in [0.3, 0.4) is 0 Å². The van der Waals surface area contributed by atoms with Gasteiger partial charge >= 0.3 is 0 Å². The highest BCUT2D eigenvalue weighted by Gasteiger charge is 2.20. The summed E-state index contributed by atoms with van der Waals surface area (Å²) < 4.78 is 0. The molecule has 1 atom stereocenters. The second kappa shape index (κ2) is 15.2. The van der Waals surface area contributed by atoms with Crippen molar-refractivity contribution in [1.29, 1.82) is 0 Å². The molecular weight excluding hydrogens is 566 g/mol. The summed E-state index contributed by atoms with van der Waals surface area (Å²) >= 11 is 1.44. The van der Waals surface area contributed by atoms with Crippen LogP contribution >= 0.6 is 11.8 Å². The Labute approximate surface area is 264 Å². The van der Waals surface area contributed by atoms with E-state index in [2.05, 4.69) is 29.8 Å². The van der Waals surface area contributed by atoms with E-state index in [0.717, 1.165) is 21.7 Å². The number of hydrogen-bond acceptors (Lipinski definition) is 4. The maximum atomic E-state index is 13.5. The Hall–Kier alpha value is -4.62. The molecule has 4 aromatic rings. The lowest BCUT2D eigenvalue weighted by Crippen LogP contribution is -2.30. The van der Waals surface area contributed by atoms with Crippen LogP contribution in [0.1, 0.15) is 65.7 Å². The van der Waals surface area contributed by atoms with Crippen LogP contribution in [0.15, 0.2) is 108 Å². The molecule has 0 saturated heterocycles. The van der Waals surface area contributed by atoms with Gasteiger partial charge in [0.1, 0.15) is 5.70 Å². The van der Waals surface area contributed by atoms with Crippen molar-refractivity contribution in [2.45, 2.75) is 57.1 Å². The molecule has 6 nitrogen and oxygen atoms in total. The molecule has 0 aromatic heterocycles. The molecule has 3 amide bonds. The number of rotatable bonds is 11. The topological polar surface area (TPSA) is 87.3 Å². The Balaban J connectivity index is 1.51. The molecule has 0 aliphatic carbocycles. The Morgan fingerprint density at radius 2 is 1.48 bits per heavy atom. The van der Waals surface area contributed by atoms with Crippen molar-refractivity contribution in [2.75, 3.05) is 10.6 Å². The predicted octanol–water partition coefficient (Wildman–Crippen LogP) is 8.35. The van der Waals surface area contributed by atoms with Crippen LogP contribution in [0.5, 0.6) is 0 Å². The minimum absolute atomic E-state index is 0.0764. The van der Waals surface area contributed by atoms with Crippen LogP contribution in [0.25, 0.3) is 6.08 Å². The van der Waals surface area contributed by atoms with Gasteiger partial charge in [0.2, 0.25) is 5.91 Å². The molecule has 0 aliphatic heterocycles. The van der Waals surface area contributed by atoms with Crippen molar-refractivity contribution in [3.8, 4) is 0 Å². The molecule has 0 saturated carbocycles. The Morgan fingerprint density at radius 1 is 0.773 bits per heavy atom. The predicted molar refractivity (Wildman–Crippen MR) is 182 cm³/mol. The lowest BCUT2D eigenvalue weighted by Gasteiger charge is -2.16. The van der Waals surface area contributed by atoms with Crippen LogP contribution in [0.4, 0.5) is 11.4 Å². The standard InChI is InChI=1S/C37H39N3O3S/c1-6-34(37(43)39-31-20-15-25(4)26(5)21-31)44-32-14-10-13-30(23-32)38-36(42)33(40-35(41)29-11-8-7-9-12-29)22-27-16-18-28(19-17-27)24(2)3/h7-24,34H,6H2,1-5H3,(H,38,42)(H,39,43)(H,40,41)/b33-22+. The summed E-state index contributed by atoms with van der Waals surface area (Å²) in [6.45, 7) is 10.3. The average Bonchev–Trinajstić information content (AvgIpc) is 3.02. The fourth-order valence-electron chi connectivity index (χ4n) is 4.46. The molecule has 7 heteroatoms. The normalized spacial score (nSPS) is 12.0. The molecule has 0 aliphatic rings. The SMILES string of the molecule is CCC(Sc1cccc(NC(=O)/C(=C\c2ccc(C(C)C)cc2)NC(=O)c2ccccc2)c1)C(=O)Nc1ccc(C)c(C)c1. The van der Waals surface area contributed by atoms with E-state index in [9.17, 15) is 14.4 Å². The van der Waals surface area contributed by atoms with Gasteiger partial charge in [-0.3, -0.25) is 14.4 Å². The fourth-order valence-corrected chi connectivity index (χ4v) is 5.47. The highest BCUT2D eigenvalue weighted by molar-refractivity contribution is 8.00. The summed E-state index contributed by atoms with van der Waals surface area (Å²) in [5.41, 5.74) is 6.16.